The average Bonchev–Trinajstić information content (AvgIpc) is 2.86. The number of anilines is 1. The quantitative estimate of drug-likeness (QED) is 0.863. The lowest BCUT2D eigenvalue weighted by Gasteiger charge is -2.39. The number of carbonyl (C=O) groups excluding carboxylic acids is 1. The molecule has 0 atom stereocenters. The molecule has 1 aromatic carbocycles. The van der Waals surface area contributed by atoms with Crippen LogP contribution in [0.4, 0.5) is 10.5 Å². The number of aromatic nitrogens is 1. The van der Waals surface area contributed by atoms with E-state index in [1.54, 1.807) is 4.90 Å². The number of hydrogen-bond donors (Lipinski definition) is 2. The van der Waals surface area contributed by atoms with E-state index in [4.69, 9.17) is 10.5 Å². The summed E-state index contributed by atoms with van der Waals surface area (Å²) in [5, 5.41) is 4.72. The number of rotatable bonds is 3. The van der Waals surface area contributed by atoms with Gasteiger partial charge >= 0.3 is 6.09 Å². The fourth-order valence-corrected chi connectivity index (χ4v) is 3.51. The summed E-state index contributed by atoms with van der Waals surface area (Å²) in [6.45, 7) is 9.71. The van der Waals surface area contributed by atoms with E-state index < -0.39 is 5.60 Å². The Bertz CT molecular complexity index is 827. The van der Waals surface area contributed by atoms with E-state index in [-0.39, 0.29) is 11.6 Å². The van der Waals surface area contributed by atoms with E-state index in [9.17, 15) is 4.79 Å². The van der Waals surface area contributed by atoms with Crippen molar-refractivity contribution in [1.29, 1.82) is 0 Å². The van der Waals surface area contributed by atoms with Gasteiger partial charge in [-0.05, 0) is 64.8 Å². The highest BCUT2D eigenvalue weighted by atomic mass is 16.6. The Hall–Kier alpha value is -2.21. The number of nitrogens with one attached hydrogen (secondary N) is 1. The molecular weight excluding hydrogens is 340 g/mol. The number of aryl methyl sites for hydroxylation is 2. The Morgan fingerprint density at radius 2 is 1.93 bits per heavy atom. The van der Waals surface area contributed by atoms with Crippen LogP contribution in [-0.2, 0) is 11.8 Å². The van der Waals surface area contributed by atoms with E-state index in [2.05, 4.69) is 48.1 Å². The minimum Gasteiger partial charge on any atom is -0.444 e. The largest absolute Gasteiger partial charge is 0.444 e. The third kappa shape index (κ3) is 4.56. The summed E-state index contributed by atoms with van der Waals surface area (Å²) in [7, 11) is 2.08. The van der Waals surface area contributed by atoms with Gasteiger partial charge in [-0.3, -0.25) is 0 Å². The zero-order valence-corrected chi connectivity index (χ0v) is 17.1. The van der Waals surface area contributed by atoms with Crippen molar-refractivity contribution in [3.63, 3.8) is 0 Å². The number of nitrogens with zero attached hydrogens (tertiary/aromatic N) is 2. The predicted molar refractivity (Wildman–Crippen MR) is 110 cm³/mol. The smallest absolute Gasteiger partial charge is 0.410 e. The van der Waals surface area contributed by atoms with Gasteiger partial charge in [0, 0.05) is 54.5 Å². The zero-order valence-electron chi connectivity index (χ0n) is 17.1. The molecule has 2 heterocycles. The van der Waals surface area contributed by atoms with Gasteiger partial charge in [0.25, 0.3) is 0 Å². The van der Waals surface area contributed by atoms with Crippen LogP contribution in [-0.4, -0.2) is 46.3 Å². The first kappa shape index (κ1) is 19.5. The molecule has 1 aromatic heterocycles. The molecular formula is C21H32N4O2. The van der Waals surface area contributed by atoms with Crippen molar-refractivity contribution < 1.29 is 9.53 Å². The van der Waals surface area contributed by atoms with Gasteiger partial charge in [0.1, 0.15) is 5.60 Å². The van der Waals surface area contributed by atoms with E-state index >= 15 is 0 Å². The molecule has 3 rings (SSSR count). The molecule has 1 aliphatic heterocycles. The highest BCUT2D eigenvalue weighted by Crippen LogP contribution is 2.25. The molecule has 0 radical (unpaired) electrons. The fourth-order valence-electron chi connectivity index (χ4n) is 3.51. The number of carbonyl (C=O) groups is 1. The summed E-state index contributed by atoms with van der Waals surface area (Å²) in [4.78, 5) is 14.0. The Morgan fingerprint density at radius 1 is 1.26 bits per heavy atom. The normalized spacial score (nSPS) is 17.2. The Labute approximate surface area is 161 Å². The number of fused-ring (bicyclic) bond motifs is 1. The lowest BCUT2D eigenvalue weighted by Crippen LogP contribution is -2.55. The van der Waals surface area contributed by atoms with Crippen LogP contribution in [0, 0.1) is 6.92 Å². The molecule has 0 saturated carbocycles. The second-order valence-electron chi connectivity index (χ2n) is 8.80. The van der Waals surface area contributed by atoms with Crippen molar-refractivity contribution in [3.8, 4) is 0 Å². The van der Waals surface area contributed by atoms with Gasteiger partial charge in [-0.15, -0.1) is 0 Å². The van der Waals surface area contributed by atoms with Gasteiger partial charge < -0.3 is 25.3 Å². The van der Waals surface area contributed by atoms with E-state index in [0.717, 1.165) is 18.5 Å². The number of benzene rings is 1. The van der Waals surface area contributed by atoms with Crippen molar-refractivity contribution in [2.75, 3.05) is 25.0 Å². The van der Waals surface area contributed by atoms with Gasteiger partial charge in [0.15, 0.2) is 0 Å². The summed E-state index contributed by atoms with van der Waals surface area (Å²) in [5.74, 6) is 0. The molecule has 0 bridgehead atoms. The molecule has 1 amide bonds. The molecule has 6 nitrogen and oxygen atoms in total. The van der Waals surface area contributed by atoms with Gasteiger partial charge in [-0.25, -0.2) is 4.79 Å². The maximum absolute atomic E-state index is 12.2. The highest BCUT2D eigenvalue weighted by molar-refractivity contribution is 5.84. The van der Waals surface area contributed by atoms with Gasteiger partial charge in [-0.1, -0.05) is 0 Å². The molecule has 0 aliphatic carbocycles. The molecule has 6 heteroatoms. The van der Waals surface area contributed by atoms with Gasteiger partial charge in [0.05, 0.1) is 0 Å². The first-order valence-corrected chi connectivity index (χ1v) is 9.63. The molecule has 1 fully saturated rings. The third-order valence-electron chi connectivity index (χ3n) is 5.34. The average molecular weight is 373 g/mol. The van der Waals surface area contributed by atoms with Crippen LogP contribution in [0.15, 0.2) is 24.3 Å². The Balaban J connectivity index is 1.56. The number of likely N-dealkylation sites (tertiary alicyclic amines) is 1. The van der Waals surface area contributed by atoms with E-state index in [1.807, 2.05) is 20.8 Å². The standard InChI is InChI=1S/C21H32N4O2/c1-15-12-16-13-17(6-7-18(16)24(15)5)23-14-21(22)8-10-25(11-9-21)19(26)27-20(2,3)4/h6-7,12-13,23H,8-11,14,22H2,1-5H3. The maximum Gasteiger partial charge on any atom is 0.410 e. The molecule has 3 N–H and O–H groups in total. The van der Waals surface area contributed by atoms with Crippen molar-refractivity contribution in [2.24, 2.45) is 12.8 Å². The van der Waals surface area contributed by atoms with Gasteiger partial charge in [0.2, 0.25) is 0 Å². The molecule has 27 heavy (non-hydrogen) atoms. The second-order valence-corrected chi connectivity index (χ2v) is 8.80. The monoisotopic (exact) mass is 372 g/mol. The summed E-state index contributed by atoms with van der Waals surface area (Å²) >= 11 is 0. The van der Waals surface area contributed by atoms with Crippen molar-refractivity contribution >= 4 is 22.7 Å². The van der Waals surface area contributed by atoms with Crippen molar-refractivity contribution in [1.82, 2.24) is 9.47 Å². The summed E-state index contributed by atoms with van der Waals surface area (Å²) in [5.41, 5.74) is 9.35. The number of hydrogen-bond acceptors (Lipinski definition) is 4. The molecule has 1 aliphatic rings. The fraction of sp³-hybridized carbons (Fsp3) is 0.571. The number of amides is 1. The molecule has 148 valence electrons. The highest BCUT2D eigenvalue weighted by Gasteiger charge is 2.34. The summed E-state index contributed by atoms with van der Waals surface area (Å²) < 4.78 is 7.65. The number of piperidine rings is 1. The minimum absolute atomic E-state index is 0.248. The lowest BCUT2D eigenvalue weighted by molar-refractivity contribution is 0.0174. The maximum atomic E-state index is 12.2. The lowest BCUT2D eigenvalue weighted by atomic mass is 9.88. The summed E-state index contributed by atoms with van der Waals surface area (Å²) in [6, 6.07) is 8.60. The number of nitrogens with two attached hydrogens (primary N) is 1. The first-order valence-electron chi connectivity index (χ1n) is 9.63. The zero-order chi connectivity index (χ0) is 19.8. The van der Waals surface area contributed by atoms with Crippen LogP contribution < -0.4 is 11.1 Å². The molecule has 0 unspecified atom stereocenters. The number of ether oxygens (including phenoxy) is 1. The van der Waals surface area contributed by atoms with Crippen LogP contribution in [0.25, 0.3) is 10.9 Å². The van der Waals surface area contributed by atoms with E-state index in [0.29, 0.717) is 19.6 Å². The summed E-state index contributed by atoms with van der Waals surface area (Å²) in [6.07, 6.45) is 1.26. The molecule has 0 spiro atoms. The SMILES string of the molecule is Cc1cc2cc(NCC3(N)CCN(C(=O)OC(C)(C)C)CC3)ccc2n1C. The Morgan fingerprint density at radius 3 is 2.56 bits per heavy atom. The molecule has 1 saturated heterocycles. The van der Waals surface area contributed by atoms with Crippen LogP contribution in [0.2, 0.25) is 0 Å². The topological polar surface area (TPSA) is 72.5 Å². The van der Waals surface area contributed by atoms with Gasteiger partial charge in [-0.2, -0.15) is 0 Å². The van der Waals surface area contributed by atoms with Crippen LogP contribution in [0.1, 0.15) is 39.3 Å². The van der Waals surface area contributed by atoms with Crippen LogP contribution in [0.5, 0.6) is 0 Å². The Kier molecular flexibility index (Phi) is 5.12. The predicted octanol–water partition coefficient (Wildman–Crippen LogP) is 3.63. The third-order valence-corrected chi connectivity index (χ3v) is 5.34. The first-order chi connectivity index (χ1) is 12.6. The van der Waals surface area contributed by atoms with Crippen LogP contribution in [0.3, 0.4) is 0 Å². The second kappa shape index (κ2) is 7.08. The minimum atomic E-state index is -0.468. The van der Waals surface area contributed by atoms with Crippen molar-refractivity contribution in [2.45, 2.75) is 51.7 Å². The van der Waals surface area contributed by atoms with E-state index in [1.165, 1.54) is 16.6 Å². The van der Waals surface area contributed by atoms with Crippen molar-refractivity contribution in [3.05, 3.63) is 30.0 Å². The molecule has 2 aromatic rings. The van der Waals surface area contributed by atoms with Crippen LogP contribution >= 0.6 is 0 Å².